The van der Waals surface area contributed by atoms with Gasteiger partial charge in [-0.3, -0.25) is 0 Å². The SMILES string of the molecule is O=C(O)c1ccc(OC(=O)c2cccc(OCCOc3ccccc3)c2)cc1. The van der Waals surface area contributed by atoms with Crippen LogP contribution >= 0.6 is 0 Å². The highest BCUT2D eigenvalue weighted by molar-refractivity contribution is 5.92. The molecule has 0 saturated carbocycles. The second-order valence-electron chi connectivity index (χ2n) is 5.76. The Morgan fingerprint density at radius 1 is 0.679 bits per heavy atom. The number of hydrogen-bond acceptors (Lipinski definition) is 5. The minimum atomic E-state index is -1.04. The minimum absolute atomic E-state index is 0.118. The topological polar surface area (TPSA) is 82.1 Å². The molecular formula is C22H18O6. The maximum Gasteiger partial charge on any atom is 0.343 e. The molecule has 0 heterocycles. The van der Waals surface area contributed by atoms with Crippen LogP contribution < -0.4 is 14.2 Å². The van der Waals surface area contributed by atoms with Crippen molar-refractivity contribution >= 4 is 11.9 Å². The number of rotatable bonds is 8. The van der Waals surface area contributed by atoms with Gasteiger partial charge in [-0.15, -0.1) is 0 Å². The number of esters is 1. The molecule has 3 aromatic rings. The fourth-order valence-corrected chi connectivity index (χ4v) is 2.38. The van der Waals surface area contributed by atoms with Gasteiger partial charge in [0.25, 0.3) is 0 Å². The molecule has 0 fully saturated rings. The van der Waals surface area contributed by atoms with Crippen molar-refractivity contribution in [2.75, 3.05) is 13.2 Å². The van der Waals surface area contributed by atoms with Crippen molar-refractivity contribution in [3.63, 3.8) is 0 Å². The van der Waals surface area contributed by atoms with Gasteiger partial charge in [-0.05, 0) is 54.6 Å². The van der Waals surface area contributed by atoms with Gasteiger partial charge in [-0.25, -0.2) is 9.59 Å². The van der Waals surface area contributed by atoms with Gasteiger partial charge in [0.15, 0.2) is 0 Å². The molecule has 3 rings (SSSR count). The number of carboxylic acid groups (broad SMARTS) is 1. The second kappa shape index (κ2) is 9.23. The summed E-state index contributed by atoms with van der Waals surface area (Å²) in [6, 6.07) is 21.6. The summed E-state index contributed by atoms with van der Waals surface area (Å²) < 4.78 is 16.4. The lowest BCUT2D eigenvalue weighted by Gasteiger charge is -2.09. The summed E-state index contributed by atoms with van der Waals surface area (Å²) in [6.45, 7) is 0.693. The molecule has 1 N–H and O–H groups in total. The van der Waals surface area contributed by atoms with E-state index >= 15 is 0 Å². The van der Waals surface area contributed by atoms with E-state index in [9.17, 15) is 9.59 Å². The molecule has 0 aromatic heterocycles. The molecule has 0 bridgehead atoms. The fraction of sp³-hybridized carbons (Fsp3) is 0.0909. The summed E-state index contributed by atoms with van der Waals surface area (Å²) in [4.78, 5) is 23.1. The lowest BCUT2D eigenvalue weighted by atomic mass is 10.2. The summed E-state index contributed by atoms with van der Waals surface area (Å²) in [7, 11) is 0. The number of para-hydroxylation sites is 1. The standard InChI is InChI=1S/C22H18O6/c23-21(24)16-9-11-19(12-10-16)28-22(25)17-5-4-8-20(15-17)27-14-13-26-18-6-2-1-3-7-18/h1-12,15H,13-14H2,(H,23,24). The van der Waals surface area contributed by atoms with Gasteiger partial charge in [0, 0.05) is 0 Å². The molecule has 0 aliphatic heterocycles. The van der Waals surface area contributed by atoms with Crippen LogP contribution in [0.1, 0.15) is 20.7 Å². The van der Waals surface area contributed by atoms with Gasteiger partial charge in [-0.1, -0.05) is 24.3 Å². The molecule has 0 atom stereocenters. The van der Waals surface area contributed by atoms with Gasteiger partial charge < -0.3 is 19.3 Å². The van der Waals surface area contributed by atoms with Crippen LogP contribution in [-0.4, -0.2) is 30.3 Å². The Hall–Kier alpha value is -3.80. The molecule has 0 radical (unpaired) electrons. The molecular weight excluding hydrogens is 360 g/mol. The van der Waals surface area contributed by atoms with E-state index in [0.29, 0.717) is 24.5 Å². The number of carbonyl (C=O) groups is 2. The third kappa shape index (κ3) is 5.35. The Labute approximate surface area is 161 Å². The number of hydrogen-bond donors (Lipinski definition) is 1. The molecule has 0 amide bonds. The predicted octanol–water partition coefficient (Wildman–Crippen LogP) is 4.06. The molecule has 3 aromatic carbocycles. The van der Waals surface area contributed by atoms with Crippen molar-refractivity contribution in [3.05, 3.63) is 90.0 Å². The van der Waals surface area contributed by atoms with Crippen molar-refractivity contribution < 1.29 is 28.9 Å². The molecule has 0 spiro atoms. The van der Waals surface area contributed by atoms with E-state index in [1.807, 2.05) is 30.3 Å². The van der Waals surface area contributed by atoms with Gasteiger partial charge in [0.1, 0.15) is 30.5 Å². The van der Waals surface area contributed by atoms with Crippen molar-refractivity contribution in [3.8, 4) is 17.2 Å². The molecule has 0 aliphatic rings. The lowest BCUT2D eigenvalue weighted by Crippen LogP contribution is -2.11. The van der Waals surface area contributed by atoms with Crippen LogP contribution in [-0.2, 0) is 0 Å². The first-order valence-corrected chi connectivity index (χ1v) is 8.58. The van der Waals surface area contributed by atoms with Crippen LogP contribution in [0.5, 0.6) is 17.2 Å². The average molecular weight is 378 g/mol. The monoisotopic (exact) mass is 378 g/mol. The highest BCUT2D eigenvalue weighted by atomic mass is 16.5. The lowest BCUT2D eigenvalue weighted by molar-refractivity contribution is 0.0696. The van der Waals surface area contributed by atoms with Crippen molar-refractivity contribution in [2.24, 2.45) is 0 Å². The highest BCUT2D eigenvalue weighted by Crippen LogP contribution is 2.18. The molecule has 0 aliphatic carbocycles. The Morgan fingerprint density at radius 3 is 2.00 bits per heavy atom. The number of carbonyl (C=O) groups excluding carboxylic acids is 1. The number of ether oxygens (including phenoxy) is 3. The zero-order valence-electron chi connectivity index (χ0n) is 14.9. The smallest absolute Gasteiger partial charge is 0.343 e. The Morgan fingerprint density at radius 2 is 1.32 bits per heavy atom. The first-order chi connectivity index (χ1) is 13.6. The first-order valence-electron chi connectivity index (χ1n) is 8.58. The summed E-state index contributed by atoms with van der Waals surface area (Å²) in [5, 5.41) is 8.89. The zero-order chi connectivity index (χ0) is 19.8. The molecule has 6 nitrogen and oxygen atoms in total. The van der Waals surface area contributed by atoms with Crippen LogP contribution in [0.25, 0.3) is 0 Å². The van der Waals surface area contributed by atoms with Crippen LogP contribution in [0.4, 0.5) is 0 Å². The normalized spacial score (nSPS) is 10.1. The van der Waals surface area contributed by atoms with Gasteiger partial charge in [0.2, 0.25) is 0 Å². The Balaban J connectivity index is 1.53. The van der Waals surface area contributed by atoms with E-state index in [4.69, 9.17) is 19.3 Å². The van der Waals surface area contributed by atoms with Crippen LogP contribution in [0, 0.1) is 0 Å². The highest BCUT2D eigenvalue weighted by Gasteiger charge is 2.11. The quantitative estimate of drug-likeness (QED) is 0.362. The molecule has 0 unspecified atom stereocenters. The van der Waals surface area contributed by atoms with E-state index < -0.39 is 11.9 Å². The molecule has 6 heteroatoms. The maximum absolute atomic E-state index is 12.3. The van der Waals surface area contributed by atoms with E-state index in [1.165, 1.54) is 24.3 Å². The summed E-state index contributed by atoms with van der Waals surface area (Å²) in [6.07, 6.45) is 0. The third-order valence-corrected chi connectivity index (χ3v) is 3.75. The first kappa shape index (κ1) is 19.0. The Kier molecular flexibility index (Phi) is 6.25. The summed E-state index contributed by atoms with van der Waals surface area (Å²) in [5.74, 6) is -0.0599. The number of aromatic carboxylic acids is 1. The summed E-state index contributed by atoms with van der Waals surface area (Å²) in [5.41, 5.74) is 0.441. The summed E-state index contributed by atoms with van der Waals surface area (Å²) >= 11 is 0. The number of carboxylic acids is 1. The number of benzene rings is 3. The second-order valence-corrected chi connectivity index (χ2v) is 5.76. The van der Waals surface area contributed by atoms with Gasteiger partial charge >= 0.3 is 11.9 Å². The molecule has 0 saturated heterocycles. The van der Waals surface area contributed by atoms with E-state index in [0.717, 1.165) is 5.75 Å². The fourth-order valence-electron chi connectivity index (χ4n) is 2.38. The van der Waals surface area contributed by atoms with Gasteiger partial charge in [0.05, 0.1) is 11.1 Å². The van der Waals surface area contributed by atoms with Crippen LogP contribution in [0.2, 0.25) is 0 Å². The van der Waals surface area contributed by atoms with Gasteiger partial charge in [-0.2, -0.15) is 0 Å². The third-order valence-electron chi connectivity index (χ3n) is 3.75. The van der Waals surface area contributed by atoms with Crippen LogP contribution in [0.3, 0.4) is 0 Å². The van der Waals surface area contributed by atoms with Crippen LogP contribution in [0.15, 0.2) is 78.9 Å². The largest absolute Gasteiger partial charge is 0.490 e. The minimum Gasteiger partial charge on any atom is -0.490 e. The van der Waals surface area contributed by atoms with E-state index in [2.05, 4.69) is 0 Å². The molecule has 142 valence electrons. The van der Waals surface area contributed by atoms with E-state index in [-0.39, 0.29) is 11.3 Å². The predicted molar refractivity (Wildman–Crippen MR) is 102 cm³/mol. The maximum atomic E-state index is 12.3. The van der Waals surface area contributed by atoms with Crippen molar-refractivity contribution in [1.29, 1.82) is 0 Å². The van der Waals surface area contributed by atoms with Crippen molar-refractivity contribution in [2.45, 2.75) is 0 Å². The zero-order valence-corrected chi connectivity index (χ0v) is 14.9. The Bertz CT molecular complexity index is 935. The van der Waals surface area contributed by atoms with Crippen molar-refractivity contribution in [1.82, 2.24) is 0 Å². The molecule has 28 heavy (non-hydrogen) atoms. The van der Waals surface area contributed by atoms with E-state index in [1.54, 1.807) is 24.3 Å². The average Bonchev–Trinajstić information content (AvgIpc) is 2.72.